The molecule has 0 amide bonds. The minimum absolute atomic E-state index is 0.114. The quantitative estimate of drug-likeness (QED) is 0.185. The van der Waals surface area contributed by atoms with Crippen LogP contribution in [0.3, 0.4) is 0 Å². The van der Waals surface area contributed by atoms with Crippen LogP contribution >= 0.6 is 0 Å². The van der Waals surface area contributed by atoms with Gasteiger partial charge in [0.2, 0.25) is 0 Å². The highest BCUT2D eigenvalue weighted by molar-refractivity contribution is 6.11. The molecule has 0 fully saturated rings. The Kier molecular flexibility index (Phi) is 3.99. The monoisotopic (exact) mass is 654 g/mol. The van der Waals surface area contributed by atoms with Gasteiger partial charge in [0.15, 0.2) is 17.5 Å². The highest BCUT2D eigenvalue weighted by atomic mass is 16.3. The third-order valence-electron chi connectivity index (χ3n) is 8.35. The van der Waals surface area contributed by atoms with E-state index >= 15 is 0 Å². The summed E-state index contributed by atoms with van der Waals surface area (Å²) in [5, 5.41) is -0.793. The van der Waals surface area contributed by atoms with Crippen LogP contribution in [0.25, 0.3) is 94.7 Å². The normalized spacial score (nSPS) is 15.5. The number of rotatable bonds is 5. The first kappa shape index (κ1) is 17.5. The lowest BCUT2D eigenvalue weighted by atomic mass is 10.0. The molecular weight excluding hydrogens is 613 g/mol. The number of para-hydroxylation sites is 2. The van der Waals surface area contributed by atoms with E-state index in [4.69, 9.17) is 33.1 Å². The number of hydrogen-bond donors (Lipinski definition) is 0. The maximum atomic E-state index is 9.69. The van der Waals surface area contributed by atoms with E-state index < -0.39 is 101 Å². The zero-order valence-corrected chi connectivity index (χ0v) is 25.8. The summed E-state index contributed by atoms with van der Waals surface area (Å²) in [5.74, 6) is 1.04. The van der Waals surface area contributed by atoms with E-state index in [0.29, 0.717) is 17.2 Å². The van der Waals surface area contributed by atoms with Crippen molar-refractivity contribution >= 4 is 43.7 Å². The van der Waals surface area contributed by atoms with Crippen LogP contribution in [0, 0.1) is 0 Å². The first-order valence-electron chi connectivity index (χ1n) is 22.6. The molecule has 7 aromatic carbocycles. The molecule has 0 bridgehead atoms. The first-order chi connectivity index (χ1) is 30.6. The summed E-state index contributed by atoms with van der Waals surface area (Å²) in [5.41, 5.74) is 0.263. The van der Waals surface area contributed by atoms with E-state index in [1.54, 1.807) is 24.3 Å². The number of hydrogen-bond acceptors (Lipinski definition) is 4. The molecule has 10 aromatic rings. The van der Waals surface area contributed by atoms with Crippen molar-refractivity contribution in [2.45, 2.75) is 0 Å². The van der Waals surface area contributed by atoms with E-state index in [0.717, 1.165) is 11.1 Å². The van der Waals surface area contributed by atoms with Crippen molar-refractivity contribution < 1.29 is 23.6 Å². The van der Waals surface area contributed by atoms with E-state index in [1.165, 1.54) is 4.57 Å². The van der Waals surface area contributed by atoms with Gasteiger partial charge in [0, 0.05) is 43.9 Å². The molecule has 0 spiro atoms. The van der Waals surface area contributed by atoms with E-state index in [9.17, 15) is 5.48 Å². The van der Waals surface area contributed by atoms with Gasteiger partial charge in [-0.05, 0) is 59.5 Å². The number of fused-ring (bicyclic) bond motifs is 6. The Morgan fingerprint density at radius 3 is 1.78 bits per heavy atom. The molecule has 0 unspecified atom stereocenters. The van der Waals surface area contributed by atoms with Crippen LogP contribution in [0.5, 0.6) is 0 Å². The fourth-order valence-corrected chi connectivity index (χ4v) is 6.04. The Morgan fingerprint density at radius 2 is 1.02 bits per heavy atom. The Morgan fingerprint density at radius 1 is 0.440 bits per heavy atom. The number of nitrogens with zero attached hydrogens (tertiary/aromatic N) is 4. The van der Waals surface area contributed by atoms with Crippen molar-refractivity contribution in [1.82, 2.24) is 19.5 Å². The Hall–Kier alpha value is -6.85. The number of aromatic nitrogens is 4. The van der Waals surface area contributed by atoms with E-state index in [1.807, 2.05) is 60.7 Å². The molecule has 234 valence electrons. The molecule has 3 aromatic heterocycles. The Labute approximate surface area is 307 Å². The SMILES string of the molecule is [2H]c1c([2H])c([2H])c2c(oc3c([2H])c(-c4c([2H])c([2H])c5c(c4[2H])c4c([2H])c([2H])c([2H])c([2H])c4n5-c4cccc(-c5nc(-c6ccccc6)nc(-c6ccccc6)n5)c4)c([2H])c([2H])c32)c1[2H]. The molecule has 0 aliphatic heterocycles. The van der Waals surface area contributed by atoms with Crippen LogP contribution in [0.4, 0.5) is 0 Å². The maximum absolute atomic E-state index is 9.69. The van der Waals surface area contributed by atoms with Crippen LogP contribution in [0.1, 0.15) is 19.2 Å². The second kappa shape index (κ2) is 11.4. The maximum Gasteiger partial charge on any atom is 0.164 e. The average Bonchev–Trinajstić information content (AvgIpc) is 3.90. The molecule has 5 heteroatoms. The van der Waals surface area contributed by atoms with Crippen LogP contribution in [0.2, 0.25) is 0 Å². The zero-order valence-electron chi connectivity index (χ0n) is 39.8. The Bertz CT molecular complexity index is 3610. The molecule has 0 atom stereocenters. The van der Waals surface area contributed by atoms with Gasteiger partial charge in [-0.25, -0.2) is 15.0 Å². The van der Waals surface area contributed by atoms with Crippen LogP contribution in [0.15, 0.2) is 174 Å². The molecule has 5 nitrogen and oxygen atoms in total. The van der Waals surface area contributed by atoms with Crippen LogP contribution < -0.4 is 0 Å². The number of furan rings is 1. The molecule has 0 N–H and O–H groups in total. The summed E-state index contributed by atoms with van der Waals surface area (Å²) < 4.78 is 132. The molecule has 10 rings (SSSR count). The van der Waals surface area contributed by atoms with Gasteiger partial charge in [0.1, 0.15) is 11.2 Å². The van der Waals surface area contributed by atoms with Crippen molar-refractivity contribution in [3.05, 3.63) is 170 Å². The molecule has 0 saturated carbocycles. The predicted octanol–water partition coefficient (Wildman–Crippen LogP) is 11.5. The second-order valence-corrected chi connectivity index (χ2v) is 11.4. The lowest BCUT2D eigenvalue weighted by molar-refractivity contribution is 0.669. The fraction of sp³-hybridized carbons (Fsp3) is 0. The largest absolute Gasteiger partial charge is 0.456 e. The summed E-state index contributed by atoms with van der Waals surface area (Å²) in [6.07, 6.45) is 0. The van der Waals surface area contributed by atoms with Gasteiger partial charge in [0.05, 0.1) is 30.2 Å². The van der Waals surface area contributed by atoms with Gasteiger partial charge in [-0.15, -0.1) is 0 Å². The van der Waals surface area contributed by atoms with Gasteiger partial charge in [0.25, 0.3) is 0 Å². The third kappa shape index (κ3) is 4.67. The summed E-state index contributed by atoms with van der Waals surface area (Å²) in [6.45, 7) is 0. The van der Waals surface area contributed by atoms with Crippen molar-refractivity contribution in [2.24, 2.45) is 0 Å². The van der Waals surface area contributed by atoms with Gasteiger partial charge in [-0.3, -0.25) is 0 Å². The summed E-state index contributed by atoms with van der Waals surface area (Å²) in [7, 11) is 0. The highest BCUT2D eigenvalue weighted by Gasteiger charge is 2.17. The molecule has 50 heavy (non-hydrogen) atoms. The summed E-state index contributed by atoms with van der Waals surface area (Å²) in [6, 6.07) is 17.1. The minimum atomic E-state index is -0.686. The van der Waals surface area contributed by atoms with E-state index in [2.05, 4.69) is 0 Å². The summed E-state index contributed by atoms with van der Waals surface area (Å²) in [4.78, 5) is 14.4. The second-order valence-electron chi connectivity index (χ2n) is 11.4. The standard InChI is InChI=1S/C45H28N4O/c1-3-12-29(13-4-1)43-46-44(30-14-5-2-6-15-30)48-45(47-43)33-16-11-17-34(26-33)49-39-20-9-7-18-35(39)38-27-31(23-25-40(38)49)32-22-24-37-36-19-8-10-21-41(36)50-42(37)28-32/h1-28H/i7D,8D,9D,10D,18D,19D,20D,21D,22D,23D,24D,25D,27D,28D. The molecule has 0 aliphatic rings. The van der Waals surface area contributed by atoms with Gasteiger partial charge in [-0.2, -0.15) is 0 Å². The van der Waals surface area contributed by atoms with Crippen molar-refractivity contribution in [1.29, 1.82) is 0 Å². The molecule has 3 heterocycles. The van der Waals surface area contributed by atoms with E-state index in [-0.39, 0.29) is 49.7 Å². The lowest BCUT2D eigenvalue weighted by Gasteiger charge is -2.12. The highest BCUT2D eigenvalue weighted by Crippen LogP contribution is 2.37. The lowest BCUT2D eigenvalue weighted by Crippen LogP contribution is -2.01. The molecule has 0 saturated heterocycles. The Balaban J connectivity index is 1.27. The number of benzene rings is 7. The summed E-state index contributed by atoms with van der Waals surface area (Å²) >= 11 is 0. The first-order valence-corrected chi connectivity index (χ1v) is 15.6. The van der Waals surface area contributed by atoms with Gasteiger partial charge in [-0.1, -0.05) is 121 Å². The van der Waals surface area contributed by atoms with Gasteiger partial charge < -0.3 is 8.98 Å². The molecule has 0 aliphatic carbocycles. The minimum Gasteiger partial charge on any atom is -0.456 e. The van der Waals surface area contributed by atoms with Crippen molar-refractivity contribution in [3.8, 4) is 51.0 Å². The average molecular weight is 655 g/mol. The predicted molar refractivity (Wildman–Crippen MR) is 203 cm³/mol. The third-order valence-corrected chi connectivity index (χ3v) is 8.35. The smallest absolute Gasteiger partial charge is 0.164 e. The van der Waals surface area contributed by atoms with Crippen molar-refractivity contribution in [2.75, 3.05) is 0 Å². The van der Waals surface area contributed by atoms with Crippen LogP contribution in [-0.4, -0.2) is 19.5 Å². The van der Waals surface area contributed by atoms with Gasteiger partial charge >= 0.3 is 0 Å². The molecular formula is C45H28N4O. The fourth-order valence-electron chi connectivity index (χ4n) is 6.04. The zero-order chi connectivity index (χ0) is 45.2. The molecule has 0 radical (unpaired) electrons. The topological polar surface area (TPSA) is 56.7 Å². The van der Waals surface area contributed by atoms with Crippen LogP contribution in [-0.2, 0) is 0 Å². The van der Waals surface area contributed by atoms with Crippen molar-refractivity contribution in [3.63, 3.8) is 0 Å².